The normalized spacial score (nSPS) is 17.4. The lowest BCUT2D eigenvalue weighted by Crippen LogP contribution is -2.15. The summed E-state index contributed by atoms with van der Waals surface area (Å²) in [5.74, 6) is 0. The molecule has 1 aliphatic rings. The number of hydrogen-bond donors (Lipinski definition) is 0. The molecule has 1 rings (SSSR count). The maximum atomic E-state index is 3.91. The van der Waals surface area contributed by atoms with Gasteiger partial charge < -0.3 is 0 Å². The monoisotopic (exact) mass is 129 g/mol. The van der Waals surface area contributed by atoms with Crippen molar-refractivity contribution in [2.24, 2.45) is 9.98 Å². The van der Waals surface area contributed by atoms with Crippen molar-refractivity contribution in [3.63, 3.8) is 0 Å². The minimum absolute atomic E-state index is 0.727. The van der Waals surface area contributed by atoms with Crippen LogP contribution in [0.4, 0.5) is 0 Å². The standard InChI is InChI=1S/C4H7N3S/c1-8-7-3-5-2-6-4-7/h2-3H,4H2,1H3. The van der Waals surface area contributed by atoms with E-state index in [1.54, 1.807) is 24.6 Å². The zero-order valence-corrected chi connectivity index (χ0v) is 5.43. The predicted molar refractivity (Wildman–Crippen MR) is 37.2 cm³/mol. The fraction of sp³-hybridized carbons (Fsp3) is 0.500. The van der Waals surface area contributed by atoms with Crippen molar-refractivity contribution in [2.75, 3.05) is 12.9 Å². The van der Waals surface area contributed by atoms with E-state index in [9.17, 15) is 0 Å². The molecule has 0 saturated carbocycles. The van der Waals surface area contributed by atoms with Gasteiger partial charge in [-0.05, 0) is 0 Å². The first-order valence-corrected chi connectivity index (χ1v) is 3.44. The highest BCUT2D eigenvalue weighted by molar-refractivity contribution is 7.96. The summed E-state index contributed by atoms with van der Waals surface area (Å²) in [6.45, 7) is 0.727. The summed E-state index contributed by atoms with van der Waals surface area (Å²) in [5.41, 5.74) is 0. The number of aliphatic imine (C=N–C) groups is 2. The SMILES string of the molecule is CSN1C=NC=NC1. The Labute approximate surface area is 52.6 Å². The Bertz CT molecular complexity index is 120. The number of hydrogen-bond acceptors (Lipinski definition) is 4. The van der Waals surface area contributed by atoms with E-state index in [1.165, 1.54) is 0 Å². The molecule has 8 heavy (non-hydrogen) atoms. The van der Waals surface area contributed by atoms with E-state index in [1.807, 2.05) is 10.6 Å². The van der Waals surface area contributed by atoms with E-state index in [2.05, 4.69) is 9.98 Å². The van der Waals surface area contributed by atoms with Crippen molar-refractivity contribution in [3.05, 3.63) is 0 Å². The summed E-state index contributed by atoms with van der Waals surface area (Å²) in [7, 11) is 0. The molecule has 0 bridgehead atoms. The van der Waals surface area contributed by atoms with Crippen molar-refractivity contribution >= 4 is 24.6 Å². The van der Waals surface area contributed by atoms with Gasteiger partial charge in [0.15, 0.2) is 0 Å². The Kier molecular flexibility index (Phi) is 1.91. The maximum Gasteiger partial charge on any atom is 0.123 e. The van der Waals surface area contributed by atoms with Crippen LogP contribution >= 0.6 is 11.9 Å². The second kappa shape index (κ2) is 2.71. The molecular weight excluding hydrogens is 122 g/mol. The molecule has 0 amide bonds. The van der Waals surface area contributed by atoms with E-state index in [-0.39, 0.29) is 0 Å². The molecule has 1 heterocycles. The second-order valence-electron chi connectivity index (χ2n) is 1.30. The molecule has 44 valence electrons. The average molecular weight is 129 g/mol. The molecule has 0 radical (unpaired) electrons. The number of rotatable bonds is 1. The summed E-state index contributed by atoms with van der Waals surface area (Å²) in [4.78, 5) is 7.73. The molecule has 0 N–H and O–H groups in total. The van der Waals surface area contributed by atoms with Crippen LogP contribution in [-0.2, 0) is 0 Å². The van der Waals surface area contributed by atoms with E-state index >= 15 is 0 Å². The van der Waals surface area contributed by atoms with Gasteiger partial charge >= 0.3 is 0 Å². The van der Waals surface area contributed by atoms with Gasteiger partial charge in [0.05, 0.1) is 0 Å². The summed E-state index contributed by atoms with van der Waals surface area (Å²) in [5, 5.41) is 0. The molecule has 0 spiro atoms. The molecule has 1 aliphatic heterocycles. The van der Waals surface area contributed by atoms with Gasteiger partial charge in [0.2, 0.25) is 0 Å². The van der Waals surface area contributed by atoms with E-state index in [0.29, 0.717) is 0 Å². The van der Waals surface area contributed by atoms with Crippen LogP contribution in [0.3, 0.4) is 0 Å². The highest BCUT2D eigenvalue weighted by atomic mass is 32.2. The fourth-order valence-corrected chi connectivity index (χ4v) is 0.741. The van der Waals surface area contributed by atoms with Gasteiger partial charge in [-0.25, -0.2) is 4.99 Å². The van der Waals surface area contributed by atoms with Gasteiger partial charge in [-0.15, -0.1) is 0 Å². The molecule has 0 aromatic rings. The second-order valence-corrected chi connectivity index (χ2v) is 2.14. The Morgan fingerprint density at radius 1 is 1.75 bits per heavy atom. The van der Waals surface area contributed by atoms with E-state index < -0.39 is 0 Å². The van der Waals surface area contributed by atoms with Crippen LogP contribution in [0.15, 0.2) is 9.98 Å². The molecular formula is C4H7N3S. The summed E-state index contributed by atoms with van der Waals surface area (Å²) in [6, 6.07) is 0. The molecule has 0 atom stereocenters. The quantitative estimate of drug-likeness (QED) is 0.485. The lowest BCUT2D eigenvalue weighted by molar-refractivity contribution is 0.707. The van der Waals surface area contributed by atoms with Crippen LogP contribution < -0.4 is 0 Å². The lowest BCUT2D eigenvalue weighted by Gasteiger charge is -2.13. The van der Waals surface area contributed by atoms with Gasteiger partial charge in [0.25, 0.3) is 0 Å². The third-order valence-corrected chi connectivity index (χ3v) is 1.48. The minimum Gasteiger partial charge on any atom is -0.286 e. The van der Waals surface area contributed by atoms with Crippen LogP contribution in [0.5, 0.6) is 0 Å². The van der Waals surface area contributed by atoms with Crippen LogP contribution in [0.25, 0.3) is 0 Å². The Hall–Kier alpha value is -0.510. The van der Waals surface area contributed by atoms with Crippen molar-refractivity contribution in [2.45, 2.75) is 0 Å². The van der Waals surface area contributed by atoms with E-state index in [0.717, 1.165) is 6.67 Å². The van der Waals surface area contributed by atoms with Crippen molar-refractivity contribution in [1.29, 1.82) is 0 Å². The fourth-order valence-electron chi connectivity index (χ4n) is 0.410. The van der Waals surface area contributed by atoms with Crippen LogP contribution in [0.1, 0.15) is 0 Å². The van der Waals surface area contributed by atoms with Crippen LogP contribution in [0, 0.1) is 0 Å². The largest absolute Gasteiger partial charge is 0.286 e. The van der Waals surface area contributed by atoms with Crippen molar-refractivity contribution in [1.82, 2.24) is 4.31 Å². The molecule has 0 aliphatic carbocycles. The molecule has 3 nitrogen and oxygen atoms in total. The first-order chi connectivity index (χ1) is 3.93. The average Bonchev–Trinajstić information content (AvgIpc) is 1.90. The molecule has 0 aromatic carbocycles. The Morgan fingerprint density at radius 3 is 3.00 bits per heavy atom. The van der Waals surface area contributed by atoms with Gasteiger partial charge in [-0.1, -0.05) is 11.9 Å². The molecule has 4 heteroatoms. The molecule has 0 unspecified atom stereocenters. The van der Waals surface area contributed by atoms with Crippen molar-refractivity contribution in [3.8, 4) is 0 Å². The first kappa shape index (κ1) is 5.62. The van der Waals surface area contributed by atoms with Gasteiger partial charge in [0, 0.05) is 6.26 Å². The zero-order chi connectivity index (χ0) is 5.82. The Morgan fingerprint density at radius 2 is 2.62 bits per heavy atom. The topological polar surface area (TPSA) is 28.0 Å². The van der Waals surface area contributed by atoms with Gasteiger partial charge in [0.1, 0.15) is 19.3 Å². The molecule has 0 aromatic heterocycles. The highest BCUT2D eigenvalue weighted by Crippen LogP contribution is 2.02. The minimum atomic E-state index is 0.727. The third-order valence-electron chi connectivity index (χ3n) is 0.799. The zero-order valence-electron chi connectivity index (χ0n) is 4.61. The van der Waals surface area contributed by atoms with Crippen molar-refractivity contribution < 1.29 is 0 Å². The molecule has 0 fully saturated rings. The summed E-state index contributed by atoms with van der Waals surface area (Å²) < 4.78 is 1.94. The van der Waals surface area contributed by atoms with Crippen LogP contribution in [0.2, 0.25) is 0 Å². The summed E-state index contributed by atoms with van der Waals surface area (Å²) >= 11 is 1.62. The van der Waals surface area contributed by atoms with Gasteiger partial charge in [-0.3, -0.25) is 9.30 Å². The molecule has 0 saturated heterocycles. The lowest BCUT2D eigenvalue weighted by atomic mass is 10.9. The smallest absolute Gasteiger partial charge is 0.123 e. The third kappa shape index (κ3) is 1.23. The summed E-state index contributed by atoms with van der Waals surface area (Å²) in [6.07, 6.45) is 5.32. The number of nitrogens with zero attached hydrogens (tertiary/aromatic N) is 3. The first-order valence-electron chi connectivity index (χ1n) is 2.26. The van der Waals surface area contributed by atoms with E-state index in [4.69, 9.17) is 0 Å². The van der Waals surface area contributed by atoms with Gasteiger partial charge in [-0.2, -0.15) is 0 Å². The highest BCUT2D eigenvalue weighted by Gasteiger charge is 1.95. The Balaban J connectivity index is 2.40. The van der Waals surface area contributed by atoms with Crippen LogP contribution in [-0.4, -0.2) is 29.9 Å². The maximum absolute atomic E-state index is 3.91. The predicted octanol–water partition coefficient (Wildman–Crippen LogP) is 0.594.